The smallest absolute Gasteiger partial charge is 0.224 e. The number of benzene rings is 1. The molecule has 124 valence electrons. The molecule has 7 heteroatoms. The van der Waals surface area contributed by atoms with Crippen molar-refractivity contribution in [1.29, 1.82) is 0 Å². The Labute approximate surface area is 134 Å². The SMILES string of the molecule is CN(Cc1cnc(N(C)C)nc1)CC(O)c1cc(F)ccc1F. The quantitative estimate of drug-likeness (QED) is 0.881. The molecule has 2 rings (SSSR count). The molecule has 1 unspecified atom stereocenters. The number of hydrogen-bond donors (Lipinski definition) is 1. The van der Waals surface area contributed by atoms with Crippen molar-refractivity contribution in [2.45, 2.75) is 12.6 Å². The largest absolute Gasteiger partial charge is 0.387 e. The zero-order valence-electron chi connectivity index (χ0n) is 13.4. The maximum Gasteiger partial charge on any atom is 0.224 e. The normalized spacial score (nSPS) is 12.5. The summed E-state index contributed by atoms with van der Waals surface area (Å²) in [6.07, 6.45) is 2.29. The summed E-state index contributed by atoms with van der Waals surface area (Å²) in [5, 5.41) is 10.1. The molecule has 23 heavy (non-hydrogen) atoms. The fourth-order valence-electron chi connectivity index (χ4n) is 2.20. The van der Waals surface area contributed by atoms with E-state index in [0.717, 1.165) is 23.8 Å². The summed E-state index contributed by atoms with van der Waals surface area (Å²) in [5.41, 5.74) is 0.820. The Morgan fingerprint density at radius 2 is 1.78 bits per heavy atom. The van der Waals surface area contributed by atoms with Crippen LogP contribution in [0.1, 0.15) is 17.2 Å². The number of anilines is 1. The molecule has 1 aromatic heterocycles. The molecule has 1 N–H and O–H groups in total. The first-order valence-electron chi connectivity index (χ1n) is 7.16. The van der Waals surface area contributed by atoms with Gasteiger partial charge in [0.05, 0.1) is 6.10 Å². The van der Waals surface area contributed by atoms with Gasteiger partial charge in [-0.3, -0.25) is 4.90 Å². The number of nitrogens with zero attached hydrogens (tertiary/aromatic N) is 4. The van der Waals surface area contributed by atoms with Gasteiger partial charge in [0, 0.05) is 50.7 Å². The molecule has 0 bridgehead atoms. The van der Waals surface area contributed by atoms with E-state index in [1.165, 1.54) is 0 Å². The van der Waals surface area contributed by atoms with Crippen LogP contribution in [-0.2, 0) is 6.54 Å². The van der Waals surface area contributed by atoms with Gasteiger partial charge >= 0.3 is 0 Å². The van der Waals surface area contributed by atoms with Crippen LogP contribution in [-0.4, -0.2) is 47.7 Å². The van der Waals surface area contributed by atoms with E-state index in [1.54, 1.807) is 29.2 Å². The summed E-state index contributed by atoms with van der Waals surface area (Å²) in [6, 6.07) is 3.06. The van der Waals surface area contributed by atoms with Crippen LogP contribution in [0.5, 0.6) is 0 Å². The van der Waals surface area contributed by atoms with Crippen molar-refractivity contribution < 1.29 is 13.9 Å². The van der Waals surface area contributed by atoms with Gasteiger partial charge in [0.1, 0.15) is 11.6 Å². The molecule has 0 radical (unpaired) electrons. The van der Waals surface area contributed by atoms with E-state index in [4.69, 9.17) is 0 Å². The fourth-order valence-corrected chi connectivity index (χ4v) is 2.20. The Bertz CT molecular complexity index is 649. The second-order valence-corrected chi connectivity index (χ2v) is 5.66. The third-order valence-electron chi connectivity index (χ3n) is 3.35. The van der Waals surface area contributed by atoms with E-state index in [0.29, 0.717) is 12.5 Å². The van der Waals surface area contributed by atoms with Crippen LogP contribution >= 0.6 is 0 Å². The Kier molecular flexibility index (Phi) is 5.57. The molecular weight excluding hydrogens is 302 g/mol. The lowest BCUT2D eigenvalue weighted by atomic mass is 10.1. The van der Waals surface area contributed by atoms with E-state index in [-0.39, 0.29) is 12.1 Å². The van der Waals surface area contributed by atoms with E-state index in [1.807, 2.05) is 14.1 Å². The van der Waals surface area contributed by atoms with Gasteiger partial charge in [-0.2, -0.15) is 0 Å². The van der Waals surface area contributed by atoms with Crippen molar-refractivity contribution in [2.75, 3.05) is 32.6 Å². The van der Waals surface area contributed by atoms with Crippen LogP contribution < -0.4 is 4.90 Å². The number of aliphatic hydroxyl groups is 1. The highest BCUT2D eigenvalue weighted by Crippen LogP contribution is 2.19. The van der Waals surface area contributed by atoms with Crippen molar-refractivity contribution in [1.82, 2.24) is 14.9 Å². The second kappa shape index (κ2) is 7.43. The second-order valence-electron chi connectivity index (χ2n) is 5.66. The van der Waals surface area contributed by atoms with Crippen LogP contribution in [0, 0.1) is 11.6 Å². The number of aliphatic hydroxyl groups excluding tert-OH is 1. The molecule has 1 heterocycles. The molecule has 1 aromatic carbocycles. The molecule has 5 nitrogen and oxygen atoms in total. The highest BCUT2D eigenvalue weighted by Gasteiger charge is 2.16. The summed E-state index contributed by atoms with van der Waals surface area (Å²) in [6.45, 7) is 0.650. The minimum absolute atomic E-state index is 0.0453. The predicted octanol–water partition coefficient (Wildman–Crippen LogP) is 1.99. The Morgan fingerprint density at radius 1 is 1.13 bits per heavy atom. The predicted molar refractivity (Wildman–Crippen MR) is 84.0 cm³/mol. The Hall–Kier alpha value is -2.12. The topological polar surface area (TPSA) is 52.5 Å². The molecule has 0 aliphatic carbocycles. The van der Waals surface area contributed by atoms with Crippen molar-refractivity contribution in [2.24, 2.45) is 0 Å². The van der Waals surface area contributed by atoms with Gasteiger partial charge in [-0.15, -0.1) is 0 Å². The Morgan fingerprint density at radius 3 is 2.39 bits per heavy atom. The van der Waals surface area contributed by atoms with Crippen molar-refractivity contribution in [3.05, 3.63) is 53.4 Å². The van der Waals surface area contributed by atoms with Crippen LogP contribution in [0.15, 0.2) is 30.6 Å². The summed E-state index contributed by atoms with van der Waals surface area (Å²) in [7, 11) is 5.48. The van der Waals surface area contributed by atoms with Crippen LogP contribution in [0.4, 0.5) is 14.7 Å². The van der Waals surface area contributed by atoms with Gasteiger partial charge in [0.25, 0.3) is 0 Å². The van der Waals surface area contributed by atoms with Crippen molar-refractivity contribution in [3.8, 4) is 0 Å². The maximum atomic E-state index is 13.6. The van der Waals surface area contributed by atoms with Gasteiger partial charge in [-0.1, -0.05) is 0 Å². The highest BCUT2D eigenvalue weighted by atomic mass is 19.1. The van der Waals surface area contributed by atoms with Crippen LogP contribution in [0.3, 0.4) is 0 Å². The standard InChI is InChI=1S/C16H20F2N4O/c1-21(2)16-19-7-11(8-20-16)9-22(3)10-15(23)13-6-12(17)4-5-14(13)18/h4-8,15,23H,9-10H2,1-3H3. The number of likely N-dealkylation sites (N-methyl/N-ethyl adjacent to an activating group) is 1. The van der Waals surface area contributed by atoms with Gasteiger partial charge in [0.15, 0.2) is 0 Å². The first kappa shape index (κ1) is 17.2. The number of rotatable bonds is 6. The lowest BCUT2D eigenvalue weighted by Crippen LogP contribution is -2.25. The van der Waals surface area contributed by atoms with E-state index < -0.39 is 17.7 Å². The average molecular weight is 322 g/mol. The minimum Gasteiger partial charge on any atom is -0.387 e. The molecular formula is C16H20F2N4O. The average Bonchev–Trinajstić information content (AvgIpc) is 2.50. The zero-order chi connectivity index (χ0) is 17.0. The molecule has 0 aliphatic heterocycles. The van der Waals surface area contributed by atoms with E-state index in [2.05, 4.69) is 9.97 Å². The van der Waals surface area contributed by atoms with Crippen LogP contribution in [0.25, 0.3) is 0 Å². The van der Waals surface area contributed by atoms with Crippen molar-refractivity contribution in [3.63, 3.8) is 0 Å². The first-order valence-corrected chi connectivity index (χ1v) is 7.16. The fraction of sp³-hybridized carbons (Fsp3) is 0.375. The van der Waals surface area contributed by atoms with Gasteiger partial charge in [-0.25, -0.2) is 18.7 Å². The summed E-state index contributed by atoms with van der Waals surface area (Å²) >= 11 is 0. The van der Waals surface area contributed by atoms with Crippen LogP contribution in [0.2, 0.25) is 0 Å². The summed E-state index contributed by atoms with van der Waals surface area (Å²) in [5.74, 6) is -0.583. The third kappa shape index (κ3) is 4.67. The minimum atomic E-state index is -1.11. The number of hydrogen-bond acceptors (Lipinski definition) is 5. The highest BCUT2D eigenvalue weighted by molar-refractivity contribution is 5.26. The molecule has 2 aromatic rings. The Balaban J connectivity index is 1.98. The monoisotopic (exact) mass is 322 g/mol. The molecule has 0 fully saturated rings. The number of halogens is 2. The van der Waals surface area contributed by atoms with Gasteiger partial charge in [-0.05, 0) is 25.2 Å². The number of aromatic nitrogens is 2. The molecule has 0 aliphatic rings. The molecule has 0 amide bonds. The lowest BCUT2D eigenvalue weighted by Gasteiger charge is -2.21. The molecule has 0 spiro atoms. The lowest BCUT2D eigenvalue weighted by molar-refractivity contribution is 0.120. The zero-order valence-corrected chi connectivity index (χ0v) is 13.4. The van der Waals surface area contributed by atoms with Gasteiger partial charge < -0.3 is 10.0 Å². The first-order chi connectivity index (χ1) is 10.9. The van der Waals surface area contributed by atoms with Gasteiger partial charge in [0.2, 0.25) is 5.95 Å². The van der Waals surface area contributed by atoms with E-state index in [9.17, 15) is 13.9 Å². The van der Waals surface area contributed by atoms with E-state index >= 15 is 0 Å². The van der Waals surface area contributed by atoms with Crippen molar-refractivity contribution >= 4 is 5.95 Å². The maximum absolute atomic E-state index is 13.6. The summed E-state index contributed by atoms with van der Waals surface area (Å²) < 4.78 is 26.8. The molecule has 0 saturated heterocycles. The molecule has 0 saturated carbocycles. The third-order valence-corrected chi connectivity index (χ3v) is 3.35. The summed E-state index contributed by atoms with van der Waals surface area (Å²) in [4.78, 5) is 12.0. The molecule has 1 atom stereocenters.